The number of amides is 2. The maximum Gasteiger partial charge on any atom is 0.323 e. The topological polar surface area (TPSA) is 118 Å². The Hall–Kier alpha value is -4.13. The number of benzene rings is 3. The number of nitrogens with zero attached hydrogens (tertiary/aromatic N) is 2. The Morgan fingerprint density at radius 2 is 1.32 bits per heavy atom. The Labute approximate surface area is 162 Å². The Morgan fingerprint density at radius 1 is 0.750 bits per heavy atom. The van der Waals surface area contributed by atoms with Gasteiger partial charge in [-0.3, -0.25) is 0 Å². The van der Waals surface area contributed by atoms with Gasteiger partial charge in [-0.25, -0.2) is 4.79 Å². The fourth-order valence-electron chi connectivity index (χ4n) is 2.70. The predicted molar refractivity (Wildman–Crippen MR) is 115 cm³/mol. The van der Waals surface area contributed by atoms with Gasteiger partial charge in [0.05, 0.1) is 18.1 Å². The molecule has 3 aromatic rings. The van der Waals surface area contributed by atoms with Crippen molar-refractivity contribution >= 4 is 29.8 Å². The number of hydrogen-bond donors (Lipinski definition) is 4. The van der Waals surface area contributed by atoms with Crippen LogP contribution in [-0.2, 0) is 0 Å². The molecular formula is C21H20N6O. The molecule has 0 unspecified atom stereocenters. The number of urea groups is 1. The van der Waals surface area contributed by atoms with E-state index in [9.17, 15) is 4.79 Å². The molecular weight excluding hydrogens is 352 g/mol. The van der Waals surface area contributed by atoms with E-state index in [-0.39, 0.29) is 6.03 Å². The van der Waals surface area contributed by atoms with Gasteiger partial charge in [0.25, 0.3) is 0 Å². The van der Waals surface area contributed by atoms with Gasteiger partial charge in [-0.15, -0.1) is 0 Å². The van der Waals surface area contributed by atoms with E-state index in [2.05, 4.69) is 20.8 Å². The summed E-state index contributed by atoms with van der Waals surface area (Å²) in [7, 11) is 0. The summed E-state index contributed by atoms with van der Waals surface area (Å²) in [5, 5.41) is 12.7. The normalized spacial score (nSPS) is 11.0. The molecule has 0 atom stereocenters. The average Bonchev–Trinajstić information content (AvgIpc) is 2.71. The zero-order valence-electron chi connectivity index (χ0n) is 15.0. The van der Waals surface area contributed by atoms with Gasteiger partial charge in [0.15, 0.2) is 0 Å². The highest BCUT2D eigenvalue weighted by Gasteiger charge is 2.08. The number of carbonyl (C=O) groups is 1. The van der Waals surface area contributed by atoms with Crippen LogP contribution in [0.5, 0.6) is 0 Å². The molecule has 3 rings (SSSR count). The molecule has 7 heteroatoms. The molecule has 2 amide bonds. The Kier molecular flexibility index (Phi) is 5.99. The van der Waals surface area contributed by atoms with Crippen molar-refractivity contribution in [2.45, 2.75) is 0 Å². The first kappa shape index (κ1) is 18.7. The van der Waals surface area contributed by atoms with Crippen LogP contribution in [0.25, 0.3) is 11.1 Å². The first-order chi connectivity index (χ1) is 13.7. The fraction of sp³-hybridized carbons (Fsp3) is 0. The number of rotatable bonds is 5. The summed E-state index contributed by atoms with van der Waals surface area (Å²) in [6, 6.07) is 22.2. The highest BCUT2D eigenvalue weighted by Crippen LogP contribution is 2.28. The van der Waals surface area contributed by atoms with Crippen molar-refractivity contribution in [1.82, 2.24) is 0 Å². The van der Waals surface area contributed by atoms with Crippen LogP contribution in [0.2, 0.25) is 0 Å². The van der Waals surface area contributed by atoms with Crippen LogP contribution in [0.15, 0.2) is 83.0 Å². The fourth-order valence-corrected chi connectivity index (χ4v) is 2.70. The molecule has 0 aliphatic carbocycles. The van der Waals surface area contributed by atoms with E-state index >= 15 is 0 Å². The summed E-state index contributed by atoms with van der Waals surface area (Å²) in [5.41, 5.74) is 4.99. The maximum atomic E-state index is 12.4. The second-order valence-corrected chi connectivity index (χ2v) is 5.93. The standard InChI is InChI=1S/C21H20N6O/c22-24-13-15-5-9-17(10-6-15)19-3-1-2-4-20(19)27-21(28)26-18-11-7-16(8-12-18)14-25-23/h1-14H,22-23H2,(H2,26,27,28). The van der Waals surface area contributed by atoms with Crippen LogP contribution in [0, 0.1) is 0 Å². The molecule has 0 fully saturated rings. The van der Waals surface area contributed by atoms with Gasteiger partial charge in [-0.1, -0.05) is 54.6 Å². The number of anilines is 2. The molecule has 0 aliphatic rings. The molecule has 0 radical (unpaired) electrons. The third-order valence-electron chi connectivity index (χ3n) is 4.01. The van der Waals surface area contributed by atoms with Gasteiger partial charge in [0.2, 0.25) is 0 Å². The van der Waals surface area contributed by atoms with Crippen molar-refractivity contribution in [3.63, 3.8) is 0 Å². The quantitative estimate of drug-likeness (QED) is 0.311. The lowest BCUT2D eigenvalue weighted by molar-refractivity contribution is 0.262. The Balaban J connectivity index is 1.74. The zero-order valence-corrected chi connectivity index (χ0v) is 15.0. The minimum atomic E-state index is -0.334. The first-order valence-electron chi connectivity index (χ1n) is 8.53. The Bertz CT molecular complexity index is 994. The van der Waals surface area contributed by atoms with E-state index in [4.69, 9.17) is 11.7 Å². The van der Waals surface area contributed by atoms with Crippen molar-refractivity contribution in [2.24, 2.45) is 21.9 Å². The molecule has 0 saturated carbocycles. The average molecular weight is 372 g/mol. The third-order valence-corrected chi connectivity index (χ3v) is 4.01. The lowest BCUT2D eigenvalue weighted by Crippen LogP contribution is -2.19. The molecule has 3 aromatic carbocycles. The number of nitrogens with one attached hydrogen (secondary N) is 2. The second kappa shape index (κ2) is 9.00. The molecule has 7 nitrogen and oxygen atoms in total. The summed E-state index contributed by atoms with van der Waals surface area (Å²) in [4.78, 5) is 12.4. The molecule has 0 heterocycles. The smallest absolute Gasteiger partial charge is 0.323 e. The van der Waals surface area contributed by atoms with Gasteiger partial charge in [0.1, 0.15) is 0 Å². The number of nitrogens with two attached hydrogens (primary N) is 2. The third kappa shape index (κ3) is 4.73. The van der Waals surface area contributed by atoms with Gasteiger partial charge in [-0.2, -0.15) is 10.2 Å². The molecule has 0 aliphatic heterocycles. The van der Waals surface area contributed by atoms with Crippen molar-refractivity contribution in [1.29, 1.82) is 0 Å². The SMILES string of the molecule is NN=Cc1ccc(NC(=O)Nc2ccccc2-c2ccc(C=NN)cc2)cc1. The first-order valence-corrected chi connectivity index (χ1v) is 8.53. The summed E-state index contributed by atoms with van der Waals surface area (Å²) in [6.45, 7) is 0. The van der Waals surface area contributed by atoms with Gasteiger partial charge in [-0.05, 0) is 34.9 Å². The van der Waals surface area contributed by atoms with E-state index in [1.165, 1.54) is 6.21 Å². The van der Waals surface area contributed by atoms with Gasteiger partial charge >= 0.3 is 6.03 Å². The van der Waals surface area contributed by atoms with Crippen LogP contribution in [0.1, 0.15) is 11.1 Å². The van der Waals surface area contributed by atoms with Crippen molar-refractivity contribution in [3.8, 4) is 11.1 Å². The molecule has 0 spiro atoms. The number of hydrazone groups is 2. The van der Waals surface area contributed by atoms with Gasteiger partial charge < -0.3 is 22.3 Å². The van der Waals surface area contributed by atoms with Crippen LogP contribution in [-0.4, -0.2) is 18.5 Å². The van der Waals surface area contributed by atoms with Crippen molar-refractivity contribution in [2.75, 3.05) is 10.6 Å². The van der Waals surface area contributed by atoms with Crippen molar-refractivity contribution < 1.29 is 4.79 Å². The number of hydrogen-bond acceptors (Lipinski definition) is 5. The predicted octanol–water partition coefficient (Wildman–Crippen LogP) is 3.58. The van der Waals surface area contributed by atoms with E-state index in [1.54, 1.807) is 18.3 Å². The molecule has 0 saturated heterocycles. The van der Waals surface area contributed by atoms with E-state index in [0.717, 1.165) is 22.3 Å². The summed E-state index contributed by atoms with van der Waals surface area (Å²) >= 11 is 0. The molecule has 0 aromatic heterocycles. The molecule has 140 valence electrons. The minimum Gasteiger partial charge on any atom is -0.323 e. The monoisotopic (exact) mass is 372 g/mol. The Morgan fingerprint density at radius 3 is 1.93 bits per heavy atom. The van der Waals surface area contributed by atoms with Crippen molar-refractivity contribution in [3.05, 3.63) is 83.9 Å². The van der Waals surface area contributed by atoms with E-state index in [0.29, 0.717) is 11.4 Å². The maximum absolute atomic E-state index is 12.4. The highest BCUT2D eigenvalue weighted by molar-refractivity contribution is 6.02. The van der Waals surface area contributed by atoms with Crippen LogP contribution < -0.4 is 22.3 Å². The number of para-hydroxylation sites is 1. The molecule has 6 N–H and O–H groups in total. The summed E-state index contributed by atoms with van der Waals surface area (Å²) in [6.07, 6.45) is 3.11. The minimum absolute atomic E-state index is 0.334. The van der Waals surface area contributed by atoms with Crippen LogP contribution in [0.4, 0.5) is 16.2 Å². The van der Waals surface area contributed by atoms with Gasteiger partial charge in [0, 0.05) is 11.3 Å². The molecule has 0 bridgehead atoms. The van der Waals surface area contributed by atoms with E-state index in [1.807, 2.05) is 60.7 Å². The number of carbonyl (C=O) groups excluding carboxylic acids is 1. The lowest BCUT2D eigenvalue weighted by atomic mass is 10.0. The van der Waals surface area contributed by atoms with Crippen LogP contribution in [0.3, 0.4) is 0 Å². The lowest BCUT2D eigenvalue weighted by Gasteiger charge is -2.12. The summed E-state index contributed by atoms with van der Waals surface area (Å²) in [5.74, 6) is 10.3. The zero-order chi connectivity index (χ0) is 19.8. The largest absolute Gasteiger partial charge is 0.323 e. The summed E-state index contributed by atoms with van der Waals surface area (Å²) < 4.78 is 0. The highest BCUT2D eigenvalue weighted by atomic mass is 16.2. The second-order valence-electron chi connectivity index (χ2n) is 5.93. The molecule has 28 heavy (non-hydrogen) atoms. The van der Waals surface area contributed by atoms with Crippen LogP contribution >= 0.6 is 0 Å². The van der Waals surface area contributed by atoms with E-state index < -0.39 is 0 Å².